The maximum absolute atomic E-state index is 12.4. The highest BCUT2D eigenvalue weighted by Crippen LogP contribution is 2.58. The summed E-state index contributed by atoms with van der Waals surface area (Å²) in [6.45, 7) is 0. The number of hydrogen-bond acceptors (Lipinski definition) is 6. The lowest BCUT2D eigenvalue weighted by atomic mass is 9.69. The molecule has 3 fully saturated rings. The molecule has 0 saturated heterocycles. The summed E-state index contributed by atoms with van der Waals surface area (Å²) < 4.78 is 21.5. The monoisotopic (exact) mass is 370 g/mol. The van der Waals surface area contributed by atoms with Gasteiger partial charge >= 0.3 is 11.9 Å². The van der Waals surface area contributed by atoms with E-state index in [9.17, 15) is 9.59 Å². The molecular formula is C21H22O6. The van der Waals surface area contributed by atoms with Crippen molar-refractivity contribution in [2.75, 3.05) is 0 Å². The summed E-state index contributed by atoms with van der Waals surface area (Å²) in [6, 6.07) is 3.16. The summed E-state index contributed by atoms with van der Waals surface area (Å²) in [5.41, 5.74) is 0.759. The fraction of sp³-hybridized carbons (Fsp3) is 0.524. The Morgan fingerprint density at radius 2 is 1.26 bits per heavy atom. The molecule has 6 nitrogen and oxygen atoms in total. The number of carbonyl (C=O) groups is 2. The molecule has 0 amide bonds. The van der Waals surface area contributed by atoms with E-state index in [4.69, 9.17) is 18.3 Å². The van der Waals surface area contributed by atoms with Crippen molar-refractivity contribution in [2.45, 2.75) is 44.3 Å². The summed E-state index contributed by atoms with van der Waals surface area (Å²) in [5.74, 6) is 1.71. The van der Waals surface area contributed by atoms with Crippen LogP contribution in [0.25, 0.3) is 0 Å². The van der Waals surface area contributed by atoms with Gasteiger partial charge in [-0.1, -0.05) is 0 Å². The van der Waals surface area contributed by atoms with Gasteiger partial charge in [0.05, 0.1) is 23.7 Å². The van der Waals surface area contributed by atoms with Crippen LogP contribution in [0.5, 0.6) is 0 Å². The van der Waals surface area contributed by atoms with Gasteiger partial charge in [0.2, 0.25) is 0 Å². The Labute approximate surface area is 156 Å². The van der Waals surface area contributed by atoms with Crippen LogP contribution in [-0.4, -0.2) is 24.1 Å². The van der Waals surface area contributed by atoms with E-state index in [1.165, 1.54) is 44.3 Å². The number of carbonyl (C=O) groups excluding carboxylic acids is 2. The first-order valence-electron chi connectivity index (χ1n) is 9.65. The maximum atomic E-state index is 12.4. The third-order valence-electron chi connectivity index (χ3n) is 6.73. The van der Waals surface area contributed by atoms with Crippen molar-refractivity contribution < 1.29 is 27.9 Å². The van der Waals surface area contributed by atoms with Crippen LogP contribution in [-0.2, 0) is 9.47 Å². The van der Waals surface area contributed by atoms with E-state index in [0.717, 1.165) is 24.7 Å². The minimum atomic E-state index is -0.431. The standard InChI is InChI=1S/C21H22O6/c22-20(14-3-5-24-10-14)26-18-8-16-12-1-2-13(7-12)17(16)9-19(18)27-21(23)15-4-6-25-11-15/h3-6,10-13,16-19H,1-2,7-9H2. The highest BCUT2D eigenvalue weighted by atomic mass is 16.6. The molecule has 2 aromatic heterocycles. The van der Waals surface area contributed by atoms with Gasteiger partial charge in [-0.2, -0.15) is 0 Å². The predicted molar refractivity (Wildman–Crippen MR) is 92.9 cm³/mol. The van der Waals surface area contributed by atoms with Crippen molar-refractivity contribution >= 4 is 11.9 Å². The summed E-state index contributed by atoms with van der Waals surface area (Å²) in [7, 11) is 0. The van der Waals surface area contributed by atoms with E-state index in [1.807, 2.05) is 0 Å². The van der Waals surface area contributed by atoms with Gasteiger partial charge in [-0.05, 0) is 67.9 Å². The quantitative estimate of drug-likeness (QED) is 0.755. The van der Waals surface area contributed by atoms with Crippen LogP contribution in [0, 0.1) is 23.7 Å². The summed E-state index contributed by atoms with van der Waals surface area (Å²) >= 11 is 0. The lowest BCUT2D eigenvalue weighted by molar-refractivity contribution is -0.0822. The van der Waals surface area contributed by atoms with Crippen LogP contribution in [0.3, 0.4) is 0 Å². The lowest BCUT2D eigenvalue weighted by Gasteiger charge is -2.42. The first-order valence-corrected chi connectivity index (χ1v) is 9.65. The molecule has 3 saturated carbocycles. The summed E-state index contributed by atoms with van der Waals surface area (Å²) in [4.78, 5) is 24.9. The van der Waals surface area contributed by atoms with Crippen molar-refractivity contribution in [2.24, 2.45) is 23.7 Å². The molecule has 0 N–H and O–H groups in total. The molecule has 0 aliphatic heterocycles. The number of esters is 2. The van der Waals surface area contributed by atoms with Gasteiger partial charge in [-0.3, -0.25) is 0 Å². The van der Waals surface area contributed by atoms with Crippen molar-refractivity contribution in [3.8, 4) is 0 Å². The Morgan fingerprint density at radius 1 is 0.778 bits per heavy atom. The second kappa shape index (κ2) is 6.59. The Kier molecular flexibility index (Phi) is 4.06. The van der Waals surface area contributed by atoms with Crippen molar-refractivity contribution in [1.29, 1.82) is 0 Å². The van der Waals surface area contributed by atoms with Crippen LogP contribution in [0.1, 0.15) is 52.8 Å². The summed E-state index contributed by atoms with van der Waals surface area (Å²) in [6.07, 6.45) is 10.1. The van der Waals surface area contributed by atoms with Gasteiger partial charge in [-0.25, -0.2) is 9.59 Å². The second-order valence-electron chi connectivity index (χ2n) is 8.04. The Morgan fingerprint density at radius 3 is 1.67 bits per heavy atom. The highest BCUT2D eigenvalue weighted by Gasteiger charge is 2.53. The summed E-state index contributed by atoms with van der Waals surface area (Å²) in [5, 5.41) is 0. The minimum Gasteiger partial charge on any atom is -0.472 e. The lowest BCUT2D eigenvalue weighted by Crippen LogP contribution is -2.45. The molecule has 6 heteroatoms. The molecule has 0 spiro atoms. The Hall–Kier alpha value is -2.50. The fourth-order valence-corrected chi connectivity index (χ4v) is 5.52. The fourth-order valence-electron chi connectivity index (χ4n) is 5.52. The van der Waals surface area contributed by atoms with Crippen LogP contribution in [0.2, 0.25) is 0 Å². The first kappa shape index (κ1) is 16.7. The highest BCUT2D eigenvalue weighted by molar-refractivity contribution is 5.90. The van der Waals surface area contributed by atoms with Crippen LogP contribution in [0.15, 0.2) is 46.0 Å². The van der Waals surface area contributed by atoms with Gasteiger partial charge in [0.1, 0.15) is 24.7 Å². The van der Waals surface area contributed by atoms with E-state index in [2.05, 4.69) is 0 Å². The SMILES string of the molecule is O=C(OC1CC2C3CCC(C3)C2CC1OC(=O)c1ccoc1)c1ccoc1. The molecule has 3 aliphatic rings. The number of rotatable bonds is 4. The third-order valence-corrected chi connectivity index (χ3v) is 6.73. The smallest absolute Gasteiger partial charge is 0.341 e. The van der Waals surface area contributed by atoms with Gasteiger partial charge in [0.15, 0.2) is 0 Å². The van der Waals surface area contributed by atoms with Crippen LogP contribution >= 0.6 is 0 Å². The first-order chi connectivity index (χ1) is 13.2. The van der Waals surface area contributed by atoms with Gasteiger partial charge < -0.3 is 18.3 Å². The van der Waals surface area contributed by atoms with Crippen LogP contribution in [0.4, 0.5) is 0 Å². The van der Waals surface area contributed by atoms with E-state index in [0.29, 0.717) is 23.0 Å². The maximum Gasteiger partial charge on any atom is 0.341 e. The average Bonchev–Trinajstić information content (AvgIpc) is 3.47. The van der Waals surface area contributed by atoms with E-state index in [1.54, 1.807) is 12.1 Å². The molecule has 2 aromatic rings. The predicted octanol–water partition coefficient (Wildman–Crippen LogP) is 4.08. The van der Waals surface area contributed by atoms with Gasteiger partial charge in [-0.15, -0.1) is 0 Å². The zero-order valence-corrected chi connectivity index (χ0v) is 14.9. The second-order valence-corrected chi connectivity index (χ2v) is 8.04. The largest absolute Gasteiger partial charge is 0.472 e. The molecule has 3 aliphatic carbocycles. The van der Waals surface area contributed by atoms with Crippen molar-refractivity contribution in [3.05, 3.63) is 48.3 Å². The van der Waals surface area contributed by atoms with E-state index < -0.39 is 24.1 Å². The Balaban J connectivity index is 1.35. The molecule has 0 radical (unpaired) electrons. The molecule has 2 bridgehead atoms. The van der Waals surface area contributed by atoms with Gasteiger partial charge in [0.25, 0.3) is 0 Å². The molecule has 0 aromatic carbocycles. The molecule has 27 heavy (non-hydrogen) atoms. The normalized spacial score (nSPS) is 34.2. The van der Waals surface area contributed by atoms with Crippen molar-refractivity contribution in [1.82, 2.24) is 0 Å². The van der Waals surface area contributed by atoms with E-state index >= 15 is 0 Å². The number of hydrogen-bond donors (Lipinski definition) is 0. The Bertz CT molecular complexity index is 740. The molecule has 2 heterocycles. The number of fused-ring (bicyclic) bond motifs is 5. The molecule has 5 rings (SSSR count). The number of furan rings is 2. The van der Waals surface area contributed by atoms with E-state index in [-0.39, 0.29) is 0 Å². The zero-order valence-electron chi connectivity index (χ0n) is 14.9. The van der Waals surface area contributed by atoms with Crippen LogP contribution < -0.4 is 0 Å². The van der Waals surface area contributed by atoms with Gasteiger partial charge in [0, 0.05) is 0 Å². The average molecular weight is 370 g/mol. The topological polar surface area (TPSA) is 78.9 Å². The molecule has 6 atom stereocenters. The molecule has 142 valence electrons. The zero-order chi connectivity index (χ0) is 18.4. The third kappa shape index (κ3) is 2.97. The molecular weight excluding hydrogens is 348 g/mol. The minimum absolute atomic E-state index is 0.380. The number of ether oxygens (including phenoxy) is 2. The molecule has 6 unspecified atom stereocenters. The van der Waals surface area contributed by atoms with Crippen molar-refractivity contribution in [3.63, 3.8) is 0 Å².